The van der Waals surface area contributed by atoms with Gasteiger partial charge in [0.2, 0.25) is 0 Å². The Hall–Kier alpha value is -2.38. The monoisotopic (exact) mass is 338 g/mol. The molecule has 1 N–H and O–H groups in total. The number of H-pyrrole nitrogens is 1. The molecule has 0 spiro atoms. The number of carbonyl (C=O) groups is 1. The number of carbonyl (C=O) groups excluding carboxylic acids is 1. The zero-order chi connectivity index (χ0) is 17.5. The summed E-state index contributed by atoms with van der Waals surface area (Å²) in [5.41, 5.74) is 1.89. The van der Waals surface area contributed by atoms with Crippen molar-refractivity contribution in [3.05, 3.63) is 46.5 Å². The smallest absolute Gasteiger partial charge is 0.331 e. The summed E-state index contributed by atoms with van der Waals surface area (Å²) in [5.74, 6) is -0.307. The summed E-state index contributed by atoms with van der Waals surface area (Å²) >= 11 is 0. The van der Waals surface area contributed by atoms with Gasteiger partial charge in [-0.15, -0.1) is 0 Å². The first-order valence-electron chi connectivity index (χ1n) is 7.64. The molecule has 2 aromatic heterocycles. The van der Waals surface area contributed by atoms with E-state index in [2.05, 4.69) is 15.2 Å². The summed E-state index contributed by atoms with van der Waals surface area (Å²) in [6.07, 6.45) is -1.87. The zero-order valence-corrected chi connectivity index (χ0v) is 13.3. The molecule has 1 amide bonds. The van der Waals surface area contributed by atoms with E-state index in [9.17, 15) is 18.0 Å². The standard InChI is InChI=1S/C16H17F3N4O/c1-9-14(10(2)22-21-9)12-4-3-7-23(12)15(24)11-5-6-13(20-8-11)16(17,18)19/h5-6,8,12H,3-4,7H2,1-2H3,(H,21,22)/t12-/m1/s1. The Kier molecular flexibility index (Phi) is 4.06. The number of aryl methyl sites for hydroxylation is 2. The maximum atomic E-state index is 12.7. The van der Waals surface area contributed by atoms with E-state index in [4.69, 9.17) is 0 Å². The van der Waals surface area contributed by atoms with Crippen LogP contribution in [-0.4, -0.2) is 32.5 Å². The number of hydrogen-bond donors (Lipinski definition) is 1. The zero-order valence-electron chi connectivity index (χ0n) is 13.3. The fourth-order valence-electron chi connectivity index (χ4n) is 3.21. The van der Waals surface area contributed by atoms with Crippen molar-refractivity contribution in [1.82, 2.24) is 20.1 Å². The molecule has 3 heterocycles. The van der Waals surface area contributed by atoms with Crippen LogP contribution >= 0.6 is 0 Å². The van der Waals surface area contributed by atoms with Crippen LogP contribution in [0.3, 0.4) is 0 Å². The lowest BCUT2D eigenvalue weighted by atomic mass is 10.0. The van der Waals surface area contributed by atoms with Gasteiger partial charge >= 0.3 is 6.18 Å². The largest absolute Gasteiger partial charge is 0.433 e. The molecule has 8 heteroatoms. The Balaban J connectivity index is 1.86. The van der Waals surface area contributed by atoms with E-state index >= 15 is 0 Å². The number of halogens is 3. The maximum Gasteiger partial charge on any atom is 0.433 e. The Morgan fingerprint density at radius 2 is 2.08 bits per heavy atom. The number of hydrogen-bond acceptors (Lipinski definition) is 3. The predicted octanol–water partition coefficient (Wildman–Crippen LogP) is 3.42. The van der Waals surface area contributed by atoms with Gasteiger partial charge in [0.05, 0.1) is 17.3 Å². The summed E-state index contributed by atoms with van der Waals surface area (Å²) in [6, 6.07) is 1.91. The van der Waals surface area contributed by atoms with Gasteiger partial charge in [-0.2, -0.15) is 18.3 Å². The normalized spacial score (nSPS) is 18.2. The molecule has 0 bridgehead atoms. The molecule has 2 aromatic rings. The molecule has 0 unspecified atom stereocenters. The van der Waals surface area contributed by atoms with Crippen LogP contribution in [-0.2, 0) is 6.18 Å². The average Bonchev–Trinajstić information content (AvgIpc) is 3.12. The van der Waals surface area contributed by atoms with E-state index in [0.717, 1.165) is 42.1 Å². The molecule has 0 radical (unpaired) electrons. The van der Waals surface area contributed by atoms with Gasteiger partial charge in [0.25, 0.3) is 5.91 Å². The SMILES string of the molecule is Cc1n[nH]c(C)c1[C@H]1CCCN1C(=O)c1ccc(C(F)(F)F)nc1. The van der Waals surface area contributed by atoms with Gasteiger partial charge < -0.3 is 4.90 Å². The van der Waals surface area contributed by atoms with Gasteiger partial charge in [-0.05, 0) is 38.8 Å². The minimum absolute atomic E-state index is 0.112. The molecule has 128 valence electrons. The van der Waals surface area contributed by atoms with Crippen molar-refractivity contribution in [3.63, 3.8) is 0 Å². The molecule has 1 saturated heterocycles. The highest BCUT2D eigenvalue weighted by molar-refractivity contribution is 5.94. The Morgan fingerprint density at radius 3 is 2.62 bits per heavy atom. The van der Waals surface area contributed by atoms with E-state index in [1.54, 1.807) is 4.90 Å². The maximum absolute atomic E-state index is 12.7. The highest BCUT2D eigenvalue weighted by atomic mass is 19.4. The van der Waals surface area contributed by atoms with Crippen LogP contribution in [0, 0.1) is 13.8 Å². The average molecular weight is 338 g/mol. The summed E-state index contributed by atoms with van der Waals surface area (Å²) in [5, 5.41) is 7.08. The summed E-state index contributed by atoms with van der Waals surface area (Å²) in [6.45, 7) is 4.34. The minimum Gasteiger partial charge on any atom is -0.331 e. The van der Waals surface area contributed by atoms with E-state index in [1.807, 2.05) is 13.8 Å². The lowest BCUT2D eigenvalue weighted by molar-refractivity contribution is -0.141. The fraction of sp³-hybridized carbons (Fsp3) is 0.438. The molecular formula is C16H17F3N4O. The van der Waals surface area contributed by atoms with Gasteiger partial charge in [0.15, 0.2) is 0 Å². The second kappa shape index (κ2) is 5.92. The molecule has 1 fully saturated rings. The van der Waals surface area contributed by atoms with Crippen LogP contribution in [0.25, 0.3) is 0 Å². The van der Waals surface area contributed by atoms with E-state index in [0.29, 0.717) is 6.54 Å². The van der Waals surface area contributed by atoms with Crippen LogP contribution in [0.5, 0.6) is 0 Å². The van der Waals surface area contributed by atoms with Gasteiger partial charge in [0.1, 0.15) is 5.69 Å². The van der Waals surface area contributed by atoms with Crippen LogP contribution < -0.4 is 0 Å². The van der Waals surface area contributed by atoms with Crippen molar-refractivity contribution in [2.24, 2.45) is 0 Å². The van der Waals surface area contributed by atoms with Gasteiger partial charge in [0, 0.05) is 24.0 Å². The quantitative estimate of drug-likeness (QED) is 0.913. The summed E-state index contributed by atoms with van der Waals surface area (Å²) in [7, 11) is 0. The number of aromatic amines is 1. The van der Waals surface area contributed by atoms with Crippen molar-refractivity contribution in [1.29, 1.82) is 0 Å². The Morgan fingerprint density at radius 1 is 1.33 bits per heavy atom. The topological polar surface area (TPSA) is 61.9 Å². The molecule has 1 atom stereocenters. The third-order valence-corrected chi connectivity index (χ3v) is 4.33. The fourth-order valence-corrected chi connectivity index (χ4v) is 3.21. The summed E-state index contributed by atoms with van der Waals surface area (Å²) in [4.78, 5) is 17.8. The van der Waals surface area contributed by atoms with Gasteiger partial charge in [-0.1, -0.05) is 0 Å². The second-order valence-corrected chi connectivity index (χ2v) is 5.93. The third-order valence-electron chi connectivity index (χ3n) is 4.33. The number of nitrogens with one attached hydrogen (secondary N) is 1. The van der Waals surface area contributed by atoms with E-state index in [-0.39, 0.29) is 17.5 Å². The van der Waals surface area contributed by atoms with Crippen LogP contribution in [0.1, 0.15) is 51.9 Å². The van der Waals surface area contributed by atoms with Crippen molar-refractivity contribution >= 4 is 5.91 Å². The van der Waals surface area contributed by atoms with Crippen LogP contribution in [0.15, 0.2) is 18.3 Å². The molecule has 0 aromatic carbocycles. The van der Waals surface area contributed by atoms with Crippen molar-refractivity contribution in [2.45, 2.75) is 38.9 Å². The number of likely N-dealkylation sites (tertiary alicyclic amines) is 1. The number of rotatable bonds is 2. The first-order chi connectivity index (χ1) is 11.3. The number of amides is 1. The van der Waals surface area contributed by atoms with Crippen molar-refractivity contribution in [3.8, 4) is 0 Å². The summed E-state index contributed by atoms with van der Waals surface area (Å²) < 4.78 is 37.8. The number of alkyl halides is 3. The van der Waals surface area contributed by atoms with Crippen molar-refractivity contribution in [2.75, 3.05) is 6.54 Å². The number of aromatic nitrogens is 3. The lowest BCUT2D eigenvalue weighted by Crippen LogP contribution is -2.31. The molecule has 5 nitrogen and oxygen atoms in total. The van der Waals surface area contributed by atoms with Gasteiger partial charge in [-0.25, -0.2) is 0 Å². The molecule has 1 aliphatic rings. The Bertz CT molecular complexity index is 732. The van der Waals surface area contributed by atoms with E-state index < -0.39 is 11.9 Å². The Labute approximate surface area is 136 Å². The molecule has 0 aliphatic carbocycles. The molecule has 1 aliphatic heterocycles. The highest BCUT2D eigenvalue weighted by Gasteiger charge is 2.35. The molecule has 0 saturated carbocycles. The highest BCUT2D eigenvalue weighted by Crippen LogP contribution is 2.36. The number of nitrogens with zero attached hydrogens (tertiary/aromatic N) is 3. The molecular weight excluding hydrogens is 321 g/mol. The van der Waals surface area contributed by atoms with Crippen molar-refractivity contribution < 1.29 is 18.0 Å². The van der Waals surface area contributed by atoms with Crippen LogP contribution in [0.2, 0.25) is 0 Å². The lowest BCUT2D eigenvalue weighted by Gasteiger charge is -2.25. The second-order valence-electron chi connectivity index (χ2n) is 5.93. The molecule has 3 rings (SSSR count). The molecule has 24 heavy (non-hydrogen) atoms. The first kappa shape index (κ1) is 16.5. The minimum atomic E-state index is -4.51. The third kappa shape index (κ3) is 2.88. The predicted molar refractivity (Wildman–Crippen MR) is 80.3 cm³/mol. The van der Waals surface area contributed by atoms with Gasteiger partial charge in [-0.3, -0.25) is 14.9 Å². The van der Waals surface area contributed by atoms with Crippen LogP contribution in [0.4, 0.5) is 13.2 Å². The number of pyridine rings is 1. The van der Waals surface area contributed by atoms with E-state index in [1.165, 1.54) is 6.07 Å². The first-order valence-corrected chi connectivity index (χ1v) is 7.64.